The van der Waals surface area contributed by atoms with E-state index in [4.69, 9.17) is 5.73 Å². The fourth-order valence-electron chi connectivity index (χ4n) is 3.45. The second-order valence-corrected chi connectivity index (χ2v) is 9.49. The highest BCUT2D eigenvalue weighted by Gasteiger charge is 2.34. The molecule has 0 aromatic carbocycles. The molecule has 1 aliphatic rings. The third kappa shape index (κ3) is 10.4. The van der Waals surface area contributed by atoms with Gasteiger partial charge in [0.15, 0.2) is 5.78 Å². The third-order valence-corrected chi connectivity index (χ3v) is 6.48. The lowest BCUT2D eigenvalue weighted by atomic mass is 9.84. The molecule has 2 atom stereocenters. The lowest BCUT2D eigenvalue weighted by Gasteiger charge is -2.28. The van der Waals surface area contributed by atoms with E-state index in [9.17, 15) is 33.9 Å². The van der Waals surface area contributed by atoms with Crippen molar-refractivity contribution in [3.05, 3.63) is 12.2 Å². The van der Waals surface area contributed by atoms with Gasteiger partial charge in [-0.3, -0.25) is 28.9 Å². The summed E-state index contributed by atoms with van der Waals surface area (Å²) in [5, 5.41) is 17.1. The lowest BCUT2D eigenvalue weighted by Crippen LogP contribution is -2.55. The van der Waals surface area contributed by atoms with Gasteiger partial charge in [-0.05, 0) is 25.7 Å². The number of ketones is 1. The molecular weight excluding hydrogens is 490 g/mol. The van der Waals surface area contributed by atoms with Gasteiger partial charge in [0.1, 0.15) is 6.04 Å². The Hall–Kier alpha value is -2.93. The van der Waals surface area contributed by atoms with Crippen LogP contribution in [0.3, 0.4) is 0 Å². The summed E-state index contributed by atoms with van der Waals surface area (Å²) in [6.07, 6.45) is 4.66. The standard InChI is InChI=1S/C23H37N5O7S/c1-23(2,14-36)20(33)15(7-6-11-25-22(24)35)27-21(34)16(13-29)26-17(30)8-4-3-5-12-28-18(31)9-10-19(28)32/h9-10,15-16,29,36H,3-8,11-14H2,1-2H3,(H,26,30)(H,27,34)(H3,24,25,35)/t15-,16-/m0/s1. The zero-order valence-corrected chi connectivity index (χ0v) is 21.6. The van der Waals surface area contributed by atoms with Crippen LogP contribution in [0.2, 0.25) is 0 Å². The number of aliphatic hydroxyl groups is 1. The van der Waals surface area contributed by atoms with Gasteiger partial charge in [-0.2, -0.15) is 12.6 Å². The molecule has 36 heavy (non-hydrogen) atoms. The molecule has 0 bridgehead atoms. The zero-order valence-electron chi connectivity index (χ0n) is 20.7. The lowest BCUT2D eigenvalue weighted by molar-refractivity contribution is -0.137. The summed E-state index contributed by atoms with van der Waals surface area (Å²) < 4.78 is 0. The van der Waals surface area contributed by atoms with Crippen LogP contribution in [0.5, 0.6) is 0 Å². The van der Waals surface area contributed by atoms with Crippen molar-refractivity contribution < 1.29 is 33.9 Å². The van der Waals surface area contributed by atoms with Gasteiger partial charge in [-0.15, -0.1) is 0 Å². The molecule has 0 aliphatic carbocycles. The molecule has 0 aromatic heterocycles. The van der Waals surface area contributed by atoms with Gasteiger partial charge < -0.3 is 26.8 Å². The van der Waals surface area contributed by atoms with E-state index in [1.165, 1.54) is 12.2 Å². The third-order valence-electron chi connectivity index (χ3n) is 5.68. The molecular formula is C23H37N5O7S. The molecule has 0 radical (unpaired) electrons. The second kappa shape index (κ2) is 15.2. The summed E-state index contributed by atoms with van der Waals surface area (Å²) >= 11 is 4.20. The Bertz CT molecular complexity index is 844. The average Bonchev–Trinajstić information content (AvgIpc) is 3.15. The van der Waals surface area contributed by atoms with Crippen molar-refractivity contribution in [2.24, 2.45) is 11.1 Å². The van der Waals surface area contributed by atoms with Gasteiger partial charge >= 0.3 is 6.03 Å². The number of aliphatic hydroxyl groups excluding tert-OH is 1. The first kappa shape index (κ1) is 31.1. The molecule has 13 heteroatoms. The quantitative estimate of drug-likeness (QED) is 0.0828. The molecule has 0 saturated heterocycles. The highest BCUT2D eigenvalue weighted by atomic mass is 32.1. The highest BCUT2D eigenvalue weighted by molar-refractivity contribution is 7.80. The molecule has 202 valence electrons. The Labute approximate surface area is 216 Å². The molecule has 0 fully saturated rings. The number of unbranched alkanes of at least 4 members (excludes halogenated alkanes) is 2. The Morgan fingerprint density at radius 1 is 1.03 bits per heavy atom. The summed E-state index contributed by atoms with van der Waals surface area (Å²) in [5.74, 6) is -1.89. The van der Waals surface area contributed by atoms with E-state index in [0.29, 0.717) is 25.7 Å². The SMILES string of the molecule is CC(C)(CS)C(=O)[C@H](CCCNC(N)=O)NC(=O)[C@H](CO)NC(=O)CCCCCN1C(=O)C=CC1=O. The number of primary amides is 1. The minimum absolute atomic E-state index is 0.0811. The van der Waals surface area contributed by atoms with E-state index < -0.39 is 42.0 Å². The number of urea groups is 1. The van der Waals surface area contributed by atoms with E-state index >= 15 is 0 Å². The van der Waals surface area contributed by atoms with Crippen molar-refractivity contribution in [3.63, 3.8) is 0 Å². The van der Waals surface area contributed by atoms with Crippen LogP contribution in [0.1, 0.15) is 52.4 Å². The number of thiol groups is 1. The van der Waals surface area contributed by atoms with Gasteiger partial charge in [-0.1, -0.05) is 20.3 Å². The smallest absolute Gasteiger partial charge is 0.312 e. The molecule has 1 heterocycles. The van der Waals surface area contributed by atoms with Crippen LogP contribution in [-0.2, 0) is 24.0 Å². The predicted octanol–water partition coefficient (Wildman–Crippen LogP) is -0.593. The summed E-state index contributed by atoms with van der Waals surface area (Å²) in [7, 11) is 0. The Balaban J connectivity index is 2.55. The summed E-state index contributed by atoms with van der Waals surface area (Å²) in [6, 6.07) is -2.86. The van der Waals surface area contributed by atoms with Crippen molar-refractivity contribution in [1.29, 1.82) is 0 Å². The number of hydrogen-bond acceptors (Lipinski definition) is 8. The van der Waals surface area contributed by atoms with Crippen LogP contribution in [0, 0.1) is 5.41 Å². The van der Waals surface area contributed by atoms with Crippen molar-refractivity contribution in [3.8, 4) is 0 Å². The van der Waals surface area contributed by atoms with Crippen LogP contribution in [0.15, 0.2) is 12.2 Å². The fraction of sp³-hybridized carbons (Fsp3) is 0.652. The highest BCUT2D eigenvalue weighted by Crippen LogP contribution is 2.22. The molecule has 1 rings (SSSR count). The minimum atomic E-state index is -1.25. The number of hydrogen-bond donors (Lipinski definition) is 6. The molecule has 12 nitrogen and oxygen atoms in total. The van der Waals surface area contributed by atoms with Gasteiger partial charge in [-0.25, -0.2) is 4.79 Å². The summed E-state index contributed by atoms with van der Waals surface area (Å²) in [5.41, 5.74) is 4.20. The minimum Gasteiger partial charge on any atom is -0.394 e. The maximum atomic E-state index is 13.0. The van der Waals surface area contributed by atoms with Gasteiger partial charge in [0.05, 0.1) is 12.6 Å². The number of rotatable bonds is 17. The largest absolute Gasteiger partial charge is 0.394 e. The van der Waals surface area contributed by atoms with E-state index in [1.807, 2.05) is 0 Å². The number of amides is 6. The van der Waals surface area contributed by atoms with Crippen molar-refractivity contribution in [2.75, 3.05) is 25.4 Å². The first-order chi connectivity index (χ1) is 16.9. The second-order valence-electron chi connectivity index (χ2n) is 9.18. The number of carbonyl (C=O) groups excluding carboxylic acids is 6. The molecule has 0 spiro atoms. The van der Waals surface area contributed by atoms with Crippen LogP contribution >= 0.6 is 12.6 Å². The number of carbonyl (C=O) groups is 6. The van der Waals surface area contributed by atoms with E-state index in [2.05, 4.69) is 28.6 Å². The summed E-state index contributed by atoms with van der Waals surface area (Å²) in [6.45, 7) is 3.21. The molecule has 1 aliphatic heterocycles. The van der Waals surface area contributed by atoms with Crippen molar-refractivity contribution >= 4 is 48.1 Å². The normalized spacial score (nSPS) is 14.9. The Kier molecular flexibility index (Phi) is 13.2. The first-order valence-electron chi connectivity index (χ1n) is 11.9. The van der Waals surface area contributed by atoms with Crippen molar-refractivity contribution in [1.82, 2.24) is 20.9 Å². The van der Waals surface area contributed by atoms with E-state index in [-0.39, 0.29) is 49.3 Å². The van der Waals surface area contributed by atoms with Gasteiger partial charge in [0.25, 0.3) is 11.8 Å². The summed E-state index contributed by atoms with van der Waals surface area (Å²) in [4.78, 5) is 73.0. The number of nitrogens with one attached hydrogen (secondary N) is 3. The monoisotopic (exact) mass is 527 g/mol. The topological polar surface area (TPSA) is 188 Å². The van der Waals surface area contributed by atoms with Crippen LogP contribution in [-0.4, -0.2) is 83.0 Å². The zero-order chi connectivity index (χ0) is 27.3. The van der Waals surface area contributed by atoms with E-state index in [1.54, 1.807) is 13.8 Å². The Morgan fingerprint density at radius 2 is 1.67 bits per heavy atom. The van der Waals surface area contributed by atoms with Crippen LogP contribution in [0.25, 0.3) is 0 Å². The van der Waals surface area contributed by atoms with E-state index in [0.717, 1.165) is 4.90 Å². The maximum Gasteiger partial charge on any atom is 0.312 e. The average molecular weight is 528 g/mol. The molecule has 6 N–H and O–H groups in total. The number of nitrogens with zero attached hydrogens (tertiary/aromatic N) is 1. The predicted molar refractivity (Wildman–Crippen MR) is 135 cm³/mol. The van der Waals surface area contributed by atoms with Gasteiger partial charge in [0, 0.05) is 42.8 Å². The molecule has 0 aromatic rings. The molecule has 0 unspecified atom stereocenters. The Morgan fingerprint density at radius 3 is 2.22 bits per heavy atom. The first-order valence-corrected chi connectivity index (χ1v) is 12.5. The fourth-order valence-corrected chi connectivity index (χ4v) is 3.61. The van der Waals surface area contributed by atoms with Crippen molar-refractivity contribution in [2.45, 2.75) is 64.5 Å². The number of Topliss-reactive ketones (excluding diaryl/α,β-unsaturated/α-hetero) is 1. The van der Waals surface area contributed by atoms with Gasteiger partial charge in [0.2, 0.25) is 11.8 Å². The van der Waals surface area contributed by atoms with Crippen LogP contribution in [0.4, 0.5) is 4.79 Å². The number of nitrogens with two attached hydrogens (primary N) is 1. The maximum absolute atomic E-state index is 13.0. The molecule has 6 amide bonds. The van der Waals surface area contributed by atoms with Crippen LogP contribution < -0.4 is 21.7 Å². The number of imide groups is 1. The molecule has 0 saturated carbocycles.